The number of aromatic amines is 1. The van der Waals surface area contributed by atoms with Gasteiger partial charge in [0.1, 0.15) is 17.3 Å². The lowest BCUT2D eigenvalue weighted by Gasteiger charge is -2.32. The van der Waals surface area contributed by atoms with Gasteiger partial charge >= 0.3 is 0 Å². The molecule has 0 saturated carbocycles. The van der Waals surface area contributed by atoms with Crippen molar-refractivity contribution in [1.29, 1.82) is 0 Å². The van der Waals surface area contributed by atoms with Crippen molar-refractivity contribution in [2.45, 2.75) is 51.5 Å². The Kier molecular flexibility index (Phi) is 5.29. The predicted octanol–water partition coefficient (Wildman–Crippen LogP) is 2.46. The zero-order valence-electron chi connectivity index (χ0n) is 16.4. The zero-order chi connectivity index (χ0) is 18.8. The van der Waals surface area contributed by atoms with Crippen LogP contribution in [-0.4, -0.2) is 61.6 Å². The molecule has 0 aliphatic carbocycles. The average molecular weight is 371 g/mol. The standard InChI is InChI=1S/C20H30N6O/c1-15-11-17(21-12-15)20(27)26-10-6-7-16(13-26)19-23-22-18(24(19)2)14-25-8-4-3-5-9-25/h11-12,16,21H,3-10,13-14H2,1-2H3/t16-/m0/s1. The van der Waals surface area contributed by atoms with Gasteiger partial charge in [0.25, 0.3) is 5.91 Å². The second kappa shape index (κ2) is 7.84. The number of amides is 1. The Labute approximate surface area is 160 Å². The summed E-state index contributed by atoms with van der Waals surface area (Å²) >= 11 is 0. The molecule has 2 aliphatic rings. The summed E-state index contributed by atoms with van der Waals surface area (Å²) in [5.74, 6) is 2.40. The van der Waals surface area contributed by atoms with Crippen LogP contribution in [0.2, 0.25) is 0 Å². The van der Waals surface area contributed by atoms with Gasteiger partial charge in [-0.15, -0.1) is 10.2 Å². The lowest BCUT2D eigenvalue weighted by atomic mass is 9.97. The maximum absolute atomic E-state index is 12.8. The van der Waals surface area contributed by atoms with Gasteiger partial charge in [-0.25, -0.2) is 0 Å². The topological polar surface area (TPSA) is 70.1 Å². The van der Waals surface area contributed by atoms with E-state index >= 15 is 0 Å². The van der Waals surface area contributed by atoms with Crippen LogP contribution in [0.15, 0.2) is 12.3 Å². The van der Waals surface area contributed by atoms with E-state index in [1.54, 1.807) is 0 Å². The summed E-state index contributed by atoms with van der Waals surface area (Å²) in [6.07, 6.45) is 7.84. The van der Waals surface area contributed by atoms with Crippen LogP contribution in [0.3, 0.4) is 0 Å². The molecule has 0 aromatic carbocycles. The van der Waals surface area contributed by atoms with E-state index in [1.165, 1.54) is 19.3 Å². The van der Waals surface area contributed by atoms with E-state index < -0.39 is 0 Å². The van der Waals surface area contributed by atoms with Gasteiger partial charge < -0.3 is 14.5 Å². The first-order valence-electron chi connectivity index (χ1n) is 10.2. The van der Waals surface area contributed by atoms with Crippen LogP contribution in [0, 0.1) is 6.92 Å². The number of nitrogens with one attached hydrogen (secondary N) is 1. The highest BCUT2D eigenvalue weighted by atomic mass is 16.2. The lowest BCUT2D eigenvalue weighted by molar-refractivity contribution is 0.0698. The molecule has 7 heteroatoms. The van der Waals surface area contributed by atoms with Crippen LogP contribution in [-0.2, 0) is 13.6 Å². The Bertz CT molecular complexity index is 788. The number of piperidine rings is 2. The molecule has 1 atom stereocenters. The third kappa shape index (κ3) is 3.93. The molecule has 2 saturated heterocycles. The molecule has 2 aliphatic heterocycles. The SMILES string of the molecule is Cc1c[nH]c(C(=O)N2CCC[C@H](c3nnc(CN4CCCCC4)n3C)C2)c1. The Hall–Kier alpha value is -2.15. The molecule has 2 aromatic heterocycles. The Balaban J connectivity index is 1.44. The number of hydrogen-bond donors (Lipinski definition) is 1. The number of rotatable bonds is 4. The van der Waals surface area contributed by atoms with Crippen LogP contribution in [0.4, 0.5) is 0 Å². The fraction of sp³-hybridized carbons (Fsp3) is 0.650. The second-order valence-corrected chi connectivity index (χ2v) is 8.05. The van der Waals surface area contributed by atoms with Crippen molar-refractivity contribution in [3.8, 4) is 0 Å². The van der Waals surface area contributed by atoms with E-state index in [0.29, 0.717) is 12.2 Å². The molecule has 2 fully saturated rings. The van der Waals surface area contributed by atoms with Crippen LogP contribution in [0.25, 0.3) is 0 Å². The van der Waals surface area contributed by atoms with Gasteiger partial charge in [-0.1, -0.05) is 6.42 Å². The molecule has 4 heterocycles. The maximum atomic E-state index is 12.8. The minimum Gasteiger partial charge on any atom is -0.357 e. The number of aryl methyl sites for hydroxylation is 1. The van der Waals surface area contributed by atoms with Gasteiger partial charge in [-0.05, 0) is 57.3 Å². The highest BCUT2D eigenvalue weighted by molar-refractivity contribution is 5.92. The molecule has 4 rings (SSSR count). The zero-order valence-corrected chi connectivity index (χ0v) is 16.4. The summed E-state index contributed by atoms with van der Waals surface area (Å²) < 4.78 is 2.16. The Morgan fingerprint density at radius 1 is 1.19 bits per heavy atom. The molecule has 0 spiro atoms. The number of carbonyl (C=O) groups excluding carboxylic acids is 1. The smallest absolute Gasteiger partial charge is 0.270 e. The van der Waals surface area contributed by atoms with Crippen molar-refractivity contribution in [1.82, 2.24) is 29.5 Å². The maximum Gasteiger partial charge on any atom is 0.270 e. The molecule has 0 bridgehead atoms. The molecule has 146 valence electrons. The van der Waals surface area contributed by atoms with Crippen LogP contribution < -0.4 is 0 Å². The van der Waals surface area contributed by atoms with Crippen molar-refractivity contribution in [2.75, 3.05) is 26.2 Å². The minimum absolute atomic E-state index is 0.0866. The third-order valence-electron chi connectivity index (χ3n) is 5.94. The van der Waals surface area contributed by atoms with Gasteiger partial charge in [0, 0.05) is 32.3 Å². The van der Waals surface area contributed by atoms with Crippen LogP contribution in [0.5, 0.6) is 0 Å². The minimum atomic E-state index is 0.0866. The fourth-order valence-corrected chi connectivity index (χ4v) is 4.35. The summed E-state index contributed by atoms with van der Waals surface area (Å²) in [6, 6.07) is 1.92. The molecular formula is C20H30N6O. The van der Waals surface area contributed by atoms with E-state index in [1.807, 2.05) is 24.1 Å². The first-order valence-corrected chi connectivity index (χ1v) is 10.2. The van der Waals surface area contributed by atoms with Crippen molar-refractivity contribution in [3.05, 3.63) is 35.2 Å². The molecule has 0 unspecified atom stereocenters. The number of likely N-dealkylation sites (tertiary alicyclic amines) is 2. The molecule has 0 radical (unpaired) electrons. The second-order valence-electron chi connectivity index (χ2n) is 8.05. The average Bonchev–Trinajstić information content (AvgIpc) is 3.28. The van der Waals surface area contributed by atoms with Crippen LogP contribution in [0.1, 0.15) is 65.7 Å². The number of aromatic nitrogens is 4. The van der Waals surface area contributed by atoms with Crippen molar-refractivity contribution >= 4 is 5.91 Å². The number of carbonyl (C=O) groups is 1. The van der Waals surface area contributed by atoms with E-state index in [0.717, 1.165) is 56.2 Å². The van der Waals surface area contributed by atoms with Gasteiger partial charge in [0.15, 0.2) is 0 Å². The first-order chi connectivity index (χ1) is 13.1. The summed E-state index contributed by atoms with van der Waals surface area (Å²) in [5.41, 5.74) is 1.76. The highest BCUT2D eigenvalue weighted by Gasteiger charge is 2.29. The quantitative estimate of drug-likeness (QED) is 0.897. The number of nitrogens with zero attached hydrogens (tertiary/aromatic N) is 5. The lowest BCUT2D eigenvalue weighted by Crippen LogP contribution is -2.40. The summed E-state index contributed by atoms with van der Waals surface area (Å²) in [4.78, 5) is 20.3. The summed E-state index contributed by atoms with van der Waals surface area (Å²) in [6.45, 7) is 6.71. The number of hydrogen-bond acceptors (Lipinski definition) is 4. The molecule has 1 N–H and O–H groups in total. The highest BCUT2D eigenvalue weighted by Crippen LogP contribution is 2.27. The normalized spacial score (nSPS) is 21.6. The van der Waals surface area contributed by atoms with E-state index in [2.05, 4.69) is 31.7 Å². The molecule has 27 heavy (non-hydrogen) atoms. The predicted molar refractivity (Wildman–Crippen MR) is 104 cm³/mol. The van der Waals surface area contributed by atoms with E-state index in [9.17, 15) is 4.79 Å². The van der Waals surface area contributed by atoms with Gasteiger partial charge in [0.2, 0.25) is 0 Å². The molecular weight excluding hydrogens is 340 g/mol. The Morgan fingerprint density at radius 3 is 2.74 bits per heavy atom. The Morgan fingerprint density at radius 2 is 2.00 bits per heavy atom. The van der Waals surface area contributed by atoms with Crippen LogP contribution >= 0.6 is 0 Å². The van der Waals surface area contributed by atoms with Gasteiger partial charge in [-0.3, -0.25) is 9.69 Å². The summed E-state index contributed by atoms with van der Waals surface area (Å²) in [5, 5.41) is 8.99. The first kappa shape index (κ1) is 18.2. The largest absolute Gasteiger partial charge is 0.357 e. The molecule has 2 aromatic rings. The third-order valence-corrected chi connectivity index (χ3v) is 5.94. The van der Waals surface area contributed by atoms with Crippen molar-refractivity contribution < 1.29 is 4.79 Å². The van der Waals surface area contributed by atoms with Gasteiger partial charge in [-0.2, -0.15) is 0 Å². The van der Waals surface area contributed by atoms with Gasteiger partial charge in [0.05, 0.1) is 6.54 Å². The van der Waals surface area contributed by atoms with E-state index in [4.69, 9.17) is 0 Å². The van der Waals surface area contributed by atoms with Crippen molar-refractivity contribution in [3.63, 3.8) is 0 Å². The molecule has 7 nitrogen and oxygen atoms in total. The van der Waals surface area contributed by atoms with Crippen molar-refractivity contribution in [2.24, 2.45) is 7.05 Å². The monoisotopic (exact) mass is 370 g/mol. The molecule has 1 amide bonds. The summed E-state index contributed by atoms with van der Waals surface area (Å²) in [7, 11) is 2.07. The number of H-pyrrole nitrogens is 1. The van der Waals surface area contributed by atoms with E-state index in [-0.39, 0.29) is 11.8 Å². The fourth-order valence-electron chi connectivity index (χ4n) is 4.35.